The third kappa shape index (κ3) is 2.94. The first kappa shape index (κ1) is 11.4. The van der Waals surface area contributed by atoms with Crippen LogP contribution in [0.1, 0.15) is 13.3 Å². The van der Waals surface area contributed by atoms with E-state index in [9.17, 15) is 15.0 Å². The van der Waals surface area contributed by atoms with Crippen molar-refractivity contribution in [1.82, 2.24) is 4.90 Å². The molecular weight excluding hydrogens is 186 g/mol. The summed E-state index contributed by atoms with van der Waals surface area (Å²) in [6.07, 6.45) is -1.29. The van der Waals surface area contributed by atoms with Gasteiger partial charge in [-0.05, 0) is 6.92 Å². The third-order valence-electron chi connectivity index (χ3n) is 2.28. The Morgan fingerprint density at radius 3 is 2.50 bits per heavy atom. The molecule has 0 saturated carbocycles. The fraction of sp³-hybridized carbons (Fsp3) is 0.889. The summed E-state index contributed by atoms with van der Waals surface area (Å²) >= 11 is 0. The van der Waals surface area contributed by atoms with E-state index < -0.39 is 12.2 Å². The first-order valence-corrected chi connectivity index (χ1v) is 4.86. The SMILES string of the molecule is CCOCCC(=O)N1C[C@@H](O)[C@@H](O)C1. The number of carbonyl (C=O) groups is 1. The van der Waals surface area contributed by atoms with E-state index in [-0.39, 0.29) is 19.0 Å². The van der Waals surface area contributed by atoms with Crippen molar-refractivity contribution in [2.75, 3.05) is 26.3 Å². The molecule has 2 N–H and O–H groups in total. The molecule has 82 valence electrons. The molecule has 1 aliphatic rings. The molecule has 0 radical (unpaired) electrons. The van der Waals surface area contributed by atoms with Crippen LogP contribution in [-0.2, 0) is 9.53 Å². The van der Waals surface area contributed by atoms with Gasteiger partial charge in [-0.2, -0.15) is 0 Å². The number of hydrogen-bond donors (Lipinski definition) is 2. The second-order valence-electron chi connectivity index (χ2n) is 3.38. The second kappa shape index (κ2) is 5.29. The van der Waals surface area contributed by atoms with Crippen molar-refractivity contribution in [3.63, 3.8) is 0 Å². The van der Waals surface area contributed by atoms with Crippen molar-refractivity contribution >= 4 is 5.91 Å². The summed E-state index contributed by atoms with van der Waals surface area (Å²) in [7, 11) is 0. The molecule has 0 spiro atoms. The van der Waals surface area contributed by atoms with Crippen molar-refractivity contribution in [3.8, 4) is 0 Å². The maximum absolute atomic E-state index is 11.4. The average molecular weight is 203 g/mol. The van der Waals surface area contributed by atoms with Crippen LogP contribution in [0.3, 0.4) is 0 Å². The summed E-state index contributed by atoms with van der Waals surface area (Å²) in [6.45, 7) is 3.32. The van der Waals surface area contributed by atoms with E-state index in [1.165, 1.54) is 4.90 Å². The quantitative estimate of drug-likeness (QED) is 0.574. The maximum atomic E-state index is 11.4. The number of aliphatic hydroxyl groups excluding tert-OH is 2. The zero-order valence-corrected chi connectivity index (χ0v) is 8.35. The lowest BCUT2D eigenvalue weighted by molar-refractivity contribution is -0.131. The van der Waals surface area contributed by atoms with E-state index in [1.807, 2.05) is 6.92 Å². The summed E-state index contributed by atoms with van der Waals surface area (Å²) in [4.78, 5) is 12.9. The Morgan fingerprint density at radius 2 is 2.00 bits per heavy atom. The molecule has 5 nitrogen and oxygen atoms in total. The lowest BCUT2D eigenvalue weighted by Gasteiger charge is -2.14. The van der Waals surface area contributed by atoms with Gasteiger partial charge in [-0.3, -0.25) is 4.79 Å². The molecule has 0 aliphatic carbocycles. The molecule has 0 aromatic rings. The first-order valence-electron chi connectivity index (χ1n) is 4.86. The van der Waals surface area contributed by atoms with Gasteiger partial charge in [-0.15, -0.1) is 0 Å². The smallest absolute Gasteiger partial charge is 0.225 e. The van der Waals surface area contributed by atoms with Gasteiger partial charge in [0, 0.05) is 19.7 Å². The Kier molecular flexibility index (Phi) is 4.31. The van der Waals surface area contributed by atoms with Crippen molar-refractivity contribution in [1.29, 1.82) is 0 Å². The van der Waals surface area contributed by atoms with Gasteiger partial charge in [-0.1, -0.05) is 0 Å². The van der Waals surface area contributed by atoms with E-state index in [0.717, 1.165) is 0 Å². The van der Waals surface area contributed by atoms with Gasteiger partial charge in [0.1, 0.15) is 0 Å². The Bertz CT molecular complexity index is 187. The van der Waals surface area contributed by atoms with Crippen LogP contribution in [0.2, 0.25) is 0 Å². The molecule has 0 aromatic carbocycles. The van der Waals surface area contributed by atoms with Crippen molar-refractivity contribution < 1.29 is 19.7 Å². The van der Waals surface area contributed by atoms with Crippen LogP contribution in [0.4, 0.5) is 0 Å². The molecular formula is C9H17NO4. The van der Waals surface area contributed by atoms with Crippen molar-refractivity contribution in [2.45, 2.75) is 25.6 Å². The predicted octanol–water partition coefficient (Wildman–Crippen LogP) is -1.02. The van der Waals surface area contributed by atoms with Crippen LogP contribution in [0, 0.1) is 0 Å². The number of aliphatic hydroxyl groups is 2. The molecule has 2 atom stereocenters. The fourth-order valence-corrected chi connectivity index (χ4v) is 1.44. The normalized spacial score (nSPS) is 26.9. The van der Waals surface area contributed by atoms with E-state index >= 15 is 0 Å². The molecule has 0 unspecified atom stereocenters. The van der Waals surface area contributed by atoms with Gasteiger partial charge in [0.25, 0.3) is 0 Å². The molecule has 0 aromatic heterocycles. The first-order chi connectivity index (χ1) is 6.65. The standard InChI is InChI=1S/C9H17NO4/c1-2-14-4-3-9(13)10-5-7(11)8(12)6-10/h7-8,11-12H,2-6H2,1H3/t7-,8+. The number of ether oxygens (including phenoxy) is 1. The molecule has 1 rings (SSSR count). The molecule has 5 heteroatoms. The van der Waals surface area contributed by atoms with E-state index in [0.29, 0.717) is 19.6 Å². The van der Waals surface area contributed by atoms with Gasteiger partial charge in [0.2, 0.25) is 5.91 Å². The van der Waals surface area contributed by atoms with Gasteiger partial charge < -0.3 is 19.8 Å². The minimum Gasteiger partial charge on any atom is -0.388 e. The minimum atomic E-state index is -0.800. The van der Waals surface area contributed by atoms with E-state index in [4.69, 9.17) is 4.74 Å². The maximum Gasteiger partial charge on any atom is 0.225 e. The number of amides is 1. The second-order valence-corrected chi connectivity index (χ2v) is 3.38. The van der Waals surface area contributed by atoms with Crippen LogP contribution in [0.5, 0.6) is 0 Å². The largest absolute Gasteiger partial charge is 0.388 e. The average Bonchev–Trinajstić information content (AvgIpc) is 2.47. The number of rotatable bonds is 4. The van der Waals surface area contributed by atoms with Gasteiger partial charge >= 0.3 is 0 Å². The number of carbonyl (C=O) groups excluding carboxylic acids is 1. The summed E-state index contributed by atoms with van der Waals surface area (Å²) in [6, 6.07) is 0. The highest BCUT2D eigenvalue weighted by atomic mass is 16.5. The molecule has 1 saturated heterocycles. The topological polar surface area (TPSA) is 70.0 Å². The van der Waals surface area contributed by atoms with Crippen molar-refractivity contribution in [2.24, 2.45) is 0 Å². The minimum absolute atomic E-state index is 0.0750. The zero-order chi connectivity index (χ0) is 10.6. The lowest BCUT2D eigenvalue weighted by atomic mass is 10.3. The lowest BCUT2D eigenvalue weighted by Crippen LogP contribution is -2.30. The highest BCUT2D eigenvalue weighted by Gasteiger charge is 2.31. The molecule has 0 bridgehead atoms. The van der Waals surface area contributed by atoms with Gasteiger partial charge in [0.15, 0.2) is 0 Å². The van der Waals surface area contributed by atoms with Crippen LogP contribution < -0.4 is 0 Å². The third-order valence-corrected chi connectivity index (χ3v) is 2.28. The summed E-state index contributed by atoms with van der Waals surface area (Å²) in [5.41, 5.74) is 0. The predicted molar refractivity (Wildman–Crippen MR) is 49.7 cm³/mol. The summed E-state index contributed by atoms with van der Waals surface area (Å²) < 4.78 is 5.04. The zero-order valence-electron chi connectivity index (χ0n) is 8.35. The Hall–Kier alpha value is -0.650. The molecule has 1 fully saturated rings. The molecule has 14 heavy (non-hydrogen) atoms. The van der Waals surface area contributed by atoms with Crippen LogP contribution in [0.25, 0.3) is 0 Å². The van der Waals surface area contributed by atoms with Crippen LogP contribution in [-0.4, -0.2) is 59.5 Å². The Morgan fingerprint density at radius 1 is 1.43 bits per heavy atom. The van der Waals surface area contributed by atoms with E-state index in [2.05, 4.69) is 0 Å². The highest BCUT2D eigenvalue weighted by Crippen LogP contribution is 2.10. The Labute approximate surface area is 83.3 Å². The monoisotopic (exact) mass is 203 g/mol. The number of nitrogens with zero attached hydrogens (tertiary/aromatic N) is 1. The molecule has 1 amide bonds. The molecule has 1 heterocycles. The van der Waals surface area contributed by atoms with Gasteiger partial charge in [-0.25, -0.2) is 0 Å². The van der Waals surface area contributed by atoms with Gasteiger partial charge in [0.05, 0.1) is 25.2 Å². The number of likely N-dealkylation sites (tertiary alicyclic amines) is 1. The summed E-state index contributed by atoms with van der Waals surface area (Å²) in [5, 5.41) is 18.4. The highest BCUT2D eigenvalue weighted by molar-refractivity contribution is 5.76. The number of β-amino-alcohol motifs (C(OH)–C–C–N with tert-alkyl or cyclic N) is 2. The molecule has 1 aliphatic heterocycles. The number of hydrogen-bond acceptors (Lipinski definition) is 4. The summed E-state index contributed by atoms with van der Waals surface area (Å²) in [5.74, 6) is -0.0750. The van der Waals surface area contributed by atoms with Crippen molar-refractivity contribution in [3.05, 3.63) is 0 Å². The van der Waals surface area contributed by atoms with Crippen LogP contribution >= 0.6 is 0 Å². The fourth-order valence-electron chi connectivity index (χ4n) is 1.44. The van der Waals surface area contributed by atoms with E-state index in [1.54, 1.807) is 0 Å². The van der Waals surface area contributed by atoms with Crippen LogP contribution in [0.15, 0.2) is 0 Å². The Balaban J connectivity index is 2.25.